The number of carbonyl (C=O) groups is 1. The molecule has 1 amide bonds. The Labute approximate surface area is 150 Å². The van der Waals surface area contributed by atoms with Crippen molar-refractivity contribution >= 4 is 23.4 Å². The van der Waals surface area contributed by atoms with E-state index in [4.69, 9.17) is 0 Å². The molecule has 7 heteroatoms. The highest BCUT2D eigenvalue weighted by atomic mass is 32.2. The van der Waals surface area contributed by atoms with Gasteiger partial charge in [0, 0.05) is 23.6 Å². The molecule has 0 saturated carbocycles. The van der Waals surface area contributed by atoms with Gasteiger partial charge in [-0.25, -0.2) is 4.98 Å². The van der Waals surface area contributed by atoms with Gasteiger partial charge < -0.3 is 5.32 Å². The first-order valence-corrected chi connectivity index (χ1v) is 8.93. The van der Waals surface area contributed by atoms with E-state index < -0.39 is 0 Å². The van der Waals surface area contributed by atoms with Gasteiger partial charge in [0.25, 0.3) is 0 Å². The van der Waals surface area contributed by atoms with Crippen molar-refractivity contribution in [3.05, 3.63) is 54.4 Å². The summed E-state index contributed by atoms with van der Waals surface area (Å²) in [5.74, 6) is 0.581. The van der Waals surface area contributed by atoms with Gasteiger partial charge in [0.2, 0.25) is 11.1 Å². The van der Waals surface area contributed by atoms with Crippen molar-refractivity contribution in [3.63, 3.8) is 0 Å². The molecule has 25 heavy (non-hydrogen) atoms. The molecule has 2 N–H and O–H groups in total. The van der Waals surface area contributed by atoms with E-state index in [1.807, 2.05) is 43.3 Å². The number of thioether (sulfide) groups is 1. The summed E-state index contributed by atoms with van der Waals surface area (Å²) in [6.45, 7) is 3.94. The van der Waals surface area contributed by atoms with Crippen LogP contribution in [0.1, 0.15) is 19.4 Å². The Balaban J connectivity index is 1.60. The second-order valence-corrected chi connectivity index (χ2v) is 6.81. The van der Waals surface area contributed by atoms with Crippen LogP contribution in [-0.2, 0) is 11.2 Å². The Kier molecular flexibility index (Phi) is 5.45. The van der Waals surface area contributed by atoms with Gasteiger partial charge in [-0.05, 0) is 43.2 Å². The molecular weight excluding hydrogens is 334 g/mol. The first kappa shape index (κ1) is 17.2. The monoisotopic (exact) mass is 353 g/mol. The Morgan fingerprint density at radius 1 is 1.20 bits per heavy atom. The summed E-state index contributed by atoms with van der Waals surface area (Å²) >= 11 is 1.31. The van der Waals surface area contributed by atoms with Crippen LogP contribution in [0.3, 0.4) is 0 Å². The second-order valence-electron chi connectivity index (χ2n) is 5.50. The Hall–Kier alpha value is -2.67. The third kappa shape index (κ3) is 4.45. The van der Waals surface area contributed by atoms with Gasteiger partial charge in [-0.2, -0.15) is 0 Å². The fraction of sp³-hybridized carbons (Fsp3) is 0.222. The Morgan fingerprint density at radius 2 is 1.92 bits per heavy atom. The quantitative estimate of drug-likeness (QED) is 0.662. The molecule has 0 unspecified atom stereocenters. The molecule has 0 aliphatic rings. The molecule has 3 rings (SSSR count). The van der Waals surface area contributed by atoms with Gasteiger partial charge in [-0.3, -0.25) is 14.9 Å². The summed E-state index contributed by atoms with van der Waals surface area (Å²) in [6, 6.07) is 11.6. The lowest BCUT2D eigenvalue weighted by Gasteiger charge is -2.10. The normalized spacial score (nSPS) is 11.9. The van der Waals surface area contributed by atoms with Crippen LogP contribution in [0.2, 0.25) is 0 Å². The number of aryl methyl sites for hydroxylation is 1. The summed E-state index contributed by atoms with van der Waals surface area (Å²) in [7, 11) is 0. The van der Waals surface area contributed by atoms with E-state index in [2.05, 4.69) is 32.4 Å². The zero-order valence-corrected chi connectivity index (χ0v) is 14.9. The van der Waals surface area contributed by atoms with Crippen LogP contribution in [0.25, 0.3) is 11.4 Å². The number of aromatic amines is 1. The number of anilines is 1. The maximum Gasteiger partial charge on any atom is 0.237 e. The Bertz CT molecular complexity index is 832. The highest BCUT2D eigenvalue weighted by Gasteiger charge is 2.17. The first-order chi connectivity index (χ1) is 12.2. The standard InChI is InChI=1S/C18H19N5OS/c1-3-13-4-6-15(7-5-13)20-17(24)12(2)25-18-21-16(22-23-18)14-8-10-19-11-9-14/h4-12H,3H2,1-2H3,(H,20,24)(H,21,22,23)/t12-/m0/s1. The lowest BCUT2D eigenvalue weighted by molar-refractivity contribution is -0.115. The summed E-state index contributed by atoms with van der Waals surface area (Å²) in [6.07, 6.45) is 4.38. The number of carbonyl (C=O) groups excluding carboxylic acids is 1. The van der Waals surface area contributed by atoms with Gasteiger partial charge in [0.05, 0.1) is 5.25 Å². The zero-order valence-electron chi connectivity index (χ0n) is 14.1. The average Bonchev–Trinajstić information content (AvgIpc) is 3.11. The highest BCUT2D eigenvalue weighted by molar-refractivity contribution is 8.00. The second kappa shape index (κ2) is 7.94. The number of aromatic nitrogens is 4. The van der Waals surface area contributed by atoms with E-state index >= 15 is 0 Å². The van der Waals surface area contributed by atoms with Crippen molar-refractivity contribution in [1.82, 2.24) is 20.2 Å². The molecule has 0 bridgehead atoms. The minimum atomic E-state index is -0.313. The third-order valence-corrected chi connectivity index (χ3v) is 4.66. The number of pyridine rings is 1. The van der Waals surface area contributed by atoms with Crippen molar-refractivity contribution in [2.24, 2.45) is 0 Å². The highest BCUT2D eigenvalue weighted by Crippen LogP contribution is 2.23. The molecule has 1 atom stereocenters. The molecule has 0 aliphatic carbocycles. The van der Waals surface area contributed by atoms with E-state index in [1.54, 1.807) is 12.4 Å². The minimum Gasteiger partial charge on any atom is -0.325 e. The van der Waals surface area contributed by atoms with E-state index in [1.165, 1.54) is 17.3 Å². The SMILES string of the molecule is CCc1ccc(NC(=O)[C@H](C)Sc2n[nH]c(-c3ccncc3)n2)cc1. The van der Waals surface area contributed by atoms with Crippen LogP contribution < -0.4 is 5.32 Å². The molecule has 0 aliphatic heterocycles. The summed E-state index contributed by atoms with van der Waals surface area (Å²) in [5, 5.41) is 10.2. The maximum atomic E-state index is 12.3. The number of benzene rings is 1. The fourth-order valence-corrected chi connectivity index (χ4v) is 2.94. The van der Waals surface area contributed by atoms with E-state index in [9.17, 15) is 4.79 Å². The van der Waals surface area contributed by atoms with Crippen molar-refractivity contribution in [3.8, 4) is 11.4 Å². The number of rotatable bonds is 6. The van der Waals surface area contributed by atoms with Gasteiger partial charge in [0.1, 0.15) is 0 Å². The average molecular weight is 353 g/mol. The number of amides is 1. The number of nitrogens with one attached hydrogen (secondary N) is 2. The molecule has 6 nitrogen and oxygen atoms in total. The lowest BCUT2D eigenvalue weighted by Crippen LogP contribution is -2.22. The molecule has 2 heterocycles. The summed E-state index contributed by atoms with van der Waals surface area (Å²) < 4.78 is 0. The van der Waals surface area contributed by atoms with Crippen molar-refractivity contribution < 1.29 is 4.79 Å². The molecule has 0 saturated heterocycles. The number of hydrogen-bond acceptors (Lipinski definition) is 5. The van der Waals surface area contributed by atoms with Crippen LogP contribution in [0.15, 0.2) is 53.9 Å². The van der Waals surface area contributed by atoms with Gasteiger partial charge in [0.15, 0.2) is 5.82 Å². The molecular formula is C18H19N5OS. The van der Waals surface area contributed by atoms with Crippen LogP contribution in [-0.4, -0.2) is 31.3 Å². The van der Waals surface area contributed by atoms with Crippen LogP contribution in [0, 0.1) is 0 Å². The van der Waals surface area contributed by atoms with Crippen LogP contribution in [0.4, 0.5) is 5.69 Å². The van der Waals surface area contributed by atoms with Gasteiger partial charge in [-0.1, -0.05) is 30.8 Å². The van der Waals surface area contributed by atoms with E-state index in [0.29, 0.717) is 11.0 Å². The van der Waals surface area contributed by atoms with Gasteiger partial charge in [-0.15, -0.1) is 5.10 Å². The molecule has 0 fully saturated rings. The molecule has 2 aromatic heterocycles. The smallest absolute Gasteiger partial charge is 0.237 e. The van der Waals surface area contributed by atoms with Crippen molar-refractivity contribution in [1.29, 1.82) is 0 Å². The zero-order chi connectivity index (χ0) is 17.6. The van der Waals surface area contributed by atoms with Crippen molar-refractivity contribution in [2.45, 2.75) is 30.7 Å². The summed E-state index contributed by atoms with van der Waals surface area (Å²) in [4.78, 5) is 20.7. The molecule has 0 radical (unpaired) electrons. The molecule has 128 valence electrons. The van der Waals surface area contributed by atoms with Crippen LogP contribution in [0.5, 0.6) is 0 Å². The number of nitrogens with zero attached hydrogens (tertiary/aromatic N) is 3. The Morgan fingerprint density at radius 3 is 2.60 bits per heavy atom. The van der Waals surface area contributed by atoms with E-state index in [0.717, 1.165) is 17.7 Å². The van der Waals surface area contributed by atoms with E-state index in [-0.39, 0.29) is 11.2 Å². The predicted octanol–water partition coefficient (Wildman–Crippen LogP) is 3.55. The third-order valence-electron chi connectivity index (χ3n) is 3.70. The fourth-order valence-electron chi connectivity index (χ4n) is 2.22. The lowest BCUT2D eigenvalue weighted by atomic mass is 10.1. The molecule has 1 aromatic carbocycles. The largest absolute Gasteiger partial charge is 0.325 e. The predicted molar refractivity (Wildman–Crippen MR) is 99.4 cm³/mol. The van der Waals surface area contributed by atoms with Crippen LogP contribution >= 0.6 is 11.8 Å². The van der Waals surface area contributed by atoms with Gasteiger partial charge >= 0.3 is 0 Å². The minimum absolute atomic E-state index is 0.0792. The number of hydrogen-bond donors (Lipinski definition) is 2. The molecule has 3 aromatic rings. The first-order valence-electron chi connectivity index (χ1n) is 8.05. The molecule has 0 spiro atoms. The topological polar surface area (TPSA) is 83.6 Å². The van der Waals surface area contributed by atoms with Crippen molar-refractivity contribution in [2.75, 3.05) is 5.32 Å². The summed E-state index contributed by atoms with van der Waals surface area (Å²) in [5.41, 5.74) is 2.94. The maximum absolute atomic E-state index is 12.3. The number of H-pyrrole nitrogens is 1.